The number of anilines is 1. The molecule has 0 unspecified atom stereocenters. The molecule has 0 spiro atoms. The summed E-state index contributed by atoms with van der Waals surface area (Å²) in [6, 6.07) is 0.486. The number of aliphatic hydroxyl groups excluding tert-OH is 1. The van der Waals surface area contributed by atoms with Gasteiger partial charge in [-0.2, -0.15) is 4.37 Å². The van der Waals surface area contributed by atoms with Crippen LogP contribution in [0.2, 0.25) is 0 Å². The van der Waals surface area contributed by atoms with Crippen molar-refractivity contribution in [3.05, 3.63) is 5.82 Å². The first-order valence-electron chi connectivity index (χ1n) is 7.07. The van der Waals surface area contributed by atoms with Crippen LogP contribution in [-0.2, 0) is 6.42 Å². The van der Waals surface area contributed by atoms with E-state index in [0.717, 1.165) is 30.3 Å². The highest BCUT2D eigenvalue weighted by Crippen LogP contribution is 2.38. The maximum Gasteiger partial charge on any atom is 0.205 e. The van der Waals surface area contributed by atoms with Crippen LogP contribution in [-0.4, -0.2) is 33.2 Å². The van der Waals surface area contributed by atoms with E-state index in [9.17, 15) is 5.11 Å². The standard InChI is InChI=1S/C13H21N3OS/c1-2-12-14-13(18-15-12)16-8-4-6-10(16)9-5-3-7-11(9)17/h9-11,17H,2-8H2,1H3/t9-,10+,11-/m0/s1. The topological polar surface area (TPSA) is 49.2 Å². The minimum Gasteiger partial charge on any atom is -0.393 e. The van der Waals surface area contributed by atoms with E-state index < -0.39 is 0 Å². The van der Waals surface area contributed by atoms with Gasteiger partial charge in [0.1, 0.15) is 5.82 Å². The van der Waals surface area contributed by atoms with Gasteiger partial charge in [0.05, 0.1) is 6.10 Å². The van der Waals surface area contributed by atoms with Gasteiger partial charge in [0.2, 0.25) is 5.13 Å². The van der Waals surface area contributed by atoms with Gasteiger partial charge >= 0.3 is 0 Å². The minimum absolute atomic E-state index is 0.103. The summed E-state index contributed by atoms with van der Waals surface area (Å²) >= 11 is 1.52. The SMILES string of the molecule is CCc1nsc(N2CCC[C@@H]2[C@@H]2CCC[C@@H]2O)n1. The first-order valence-corrected chi connectivity index (χ1v) is 7.84. The quantitative estimate of drug-likeness (QED) is 0.912. The van der Waals surface area contributed by atoms with Crippen molar-refractivity contribution in [3.8, 4) is 0 Å². The molecule has 5 heteroatoms. The molecule has 0 radical (unpaired) electrons. The normalized spacial score (nSPS) is 32.3. The second-order valence-corrected chi connectivity index (χ2v) is 6.14. The van der Waals surface area contributed by atoms with E-state index in [-0.39, 0.29) is 6.10 Å². The number of hydrogen-bond acceptors (Lipinski definition) is 5. The molecule has 1 N–H and O–H groups in total. The van der Waals surface area contributed by atoms with Gasteiger partial charge in [-0.3, -0.25) is 0 Å². The highest BCUT2D eigenvalue weighted by atomic mass is 32.1. The highest BCUT2D eigenvalue weighted by Gasteiger charge is 2.39. The molecule has 1 aromatic rings. The van der Waals surface area contributed by atoms with E-state index in [1.54, 1.807) is 0 Å². The molecule has 0 aromatic carbocycles. The van der Waals surface area contributed by atoms with Crippen LogP contribution in [0.3, 0.4) is 0 Å². The molecule has 2 fully saturated rings. The monoisotopic (exact) mass is 267 g/mol. The molecule has 18 heavy (non-hydrogen) atoms. The lowest BCUT2D eigenvalue weighted by atomic mass is 9.94. The van der Waals surface area contributed by atoms with Gasteiger partial charge in [0.25, 0.3) is 0 Å². The van der Waals surface area contributed by atoms with Gasteiger partial charge in [-0.1, -0.05) is 13.3 Å². The average Bonchev–Trinajstić information content (AvgIpc) is 3.06. The van der Waals surface area contributed by atoms with Crippen LogP contribution in [0.5, 0.6) is 0 Å². The molecule has 2 heterocycles. The number of aryl methyl sites for hydroxylation is 1. The summed E-state index contributed by atoms with van der Waals surface area (Å²) in [7, 11) is 0. The van der Waals surface area contributed by atoms with Crippen molar-refractivity contribution < 1.29 is 5.11 Å². The van der Waals surface area contributed by atoms with Crippen molar-refractivity contribution in [2.45, 2.75) is 57.6 Å². The van der Waals surface area contributed by atoms with Gasteiger partial charge in [-0.15, -0.1) is 0 Å². The molecule has 1 saturated carbocycles. The van der Waals surface area contributed by atoms with Crippen molar-refractivity contribution >= 4 is 16.7 Å². The zero-order valence-corrected chi connectivity index (χ0v) is 11.7. The summed E-state index contributed by atoms with van der Waals surface area (Å²) < 4.78 is 4.39. The molecule has 3 atom stereocenters. The van der Waals surface area contributed by atoms with Crippen LogP contribution in [0.1, 0.15) is 44.9 Å². The molecule has 0 amide bonds. The summed E-state index contributed by atoms with van der Waals surface area (Å²) in [6.45, 7) is 3.17. The van der Waals surface area contributed by atoms with Gasteiger partial charge in [0, 0.05) is 36.5 Å². The van der Waals surface area contributed by atoms with Crippen LogP contribution in [0.25, 0.3) is 0 Å². The smallest absolute Gasteiger partial charge is 0.205 e. The Morgan fingerprint density at radius 1 is 1.33 bits per heavy atom. The first-order chi connectivity index (χ1) is 8.79. The van der Waals surface area contributed by atoms with E-state index in [2.05, 4.69) is 21.2 Å². The van der Waals surface area contributed by atoms with Crippen LogP contribution >= 0.6 is 11.5 Å². The molecule has 1 aliphatic carbocycles. The second kappa shape index (κ2) is 5.13. The predicted molar refractivity (Wildman–Crippen MR) is 73.0 cm³/mol. The first kappa shape index (κ1) is 12.4. The van der Waals surface area contributed by atoms with E-state index in [1.807, 2.05) is 0 Å². The number of rotatable bonds is 3. The van der Waals surface area contributed by atoms with E-state index in [1.165, 1.54) is 37.2 Å². The van der Waals surface area contributed by atoms with E-state index >= 15 is 0 Å². The molecule has 3 rings (SSSR count). The molecule has 1 saturated heterocycles. The molecule has 100 valence electrons. The fourth-order valence-electron chi connectivity index (χ4n) is 3.40. The number of aliphatic hydroxyl groups is 1. The largest absolute Gasteiger partial charge is 0.393 e. The summed E-state index contributed by atoms with van der Waals surface area (Å²) in [5.74, 6) is 1.40. The molecule has 0 bridgehead atoms. The molecule has 4 nitrogen and oxygen atoms in total. The van der Waals surface area contributed by atoms with Crippen LogP contribution in [0.15, 0.2) is 0 Å². The van der Waals surface area contributed by atoms with Crippen LogP contribution in [0.4, 0.5) is 5.13 Å². The molecule has 1 aliphatic heterocycles. The Hall–Kier alpha value is -0.680. The molecular formula is C13H21N3OS. The van der Waals surface area contributed by atoms with Crippen molar-refractivity contribution in [2.75, 3.05) is 11.4 Å². The third-order valence-corrected chi connectivity index (χ3v) is 5.14. The van der Waals surface area contributed by atoms with Gasteiger partial charge in [-0.05, 0) is 25.7 Å². The zero-order chi connectivity index (χ0) is 12.5. The van der Waals surface area contributed by atoms with Crippen LogP contribution in [0, 0.1) is 5.92 Å². The maximum atomic E-state index is 10.1. The highest BCUT2D eigenvalue weighted by molar-refractivity contribution is 7.09. The third-order valence-electron chi connectivity index (χ3n) is 4.34. The lowest BCUT2D eigenvalue weighted by Crippen LogP contribution is -2.38. The zero-order valence-electron chi connectivity index (χ0n) is 10.9. The van der Waals surface area contributed by atoms with E-state index in [4.69, 9.17) is 0 Å². The number of nitrogens with zero attached hydrogens (tertiary/aromatic N) is 3. The van der Waals surface area contributed by atoms with Crippen molar-refractivity contribution in [3.63, 3.8) is 0 Å². The maximum absolute atomic E-state index is 10.1. The Balaban J connectivity index is 1.78. The number of hydrogen-bond donors (Lipinski definition) is 1. The molecular weight excluding hydrogens is 246 g/mol. The average molecular weight is 267 g/mol. The molecule has 2 aliphatic rings. The number of aromatic nitrogens is 2. The Bertz CT molecular complexity index is 409. The fourth-order valence-corrected chi connectivity index (χ4v) is 4.23. The summed E-state index contributed by atoms with van der Waals surface area (Å²) in [5.41, 5.74) is 0. The Morgan fingerprint density at radius 3 is 2.89 bits per heavy atom. The van der Waals surface area contributed by atoms with E-state index in [0.29, 0.717) is 12.0 Å². The van der Waals surface area contributed by atoms with Gasteiger partial charge < -0.3 is 10.0 Å². The Labute approximate surface area is 112 Å². The predicted octanol–water partition coefficient (Wildman–Crippen LogP) is 2.23. The van der Waals surface area contributed by atoms with Gasteiger partial charge in [-0.25, -0.2) is 4.98 Å². The third kappa shape index (κ3) is 2.14. The lowest BCUT2D eigenvalue weighted by molar-refractivity contribution is 0.119. The second-order valence-electron chi connectivity index (χ2n) is 5.41. The van der Waals surface area contributed by atoms with Gasteiger partial charge in [0.15, 0.2) is 0 Å². The van der Waals surface area contributed by atoms with Crippen molar-refractivity contribution in [2.24, 2.45) is 5.92 Å². The van der Waals surface area contributed by atoms with Crippen molar-refractivity contribution in [1.82, 2.24) is 9.36 Å². The van der Waals surface area contributed by atoms with Crippen LogP contribution < -0.4 is 4.90 Å². The molecule has 1 aromatic heterocycles. The summed E-state index contributed by atoms with van der Waals surface area (Å²) in [5, 5.41) is 11.2. The summed E-state index contributed by atoms with van der Waals surface area (Å²) in [6.07, 6.45) is 6.53. The Kier molecular flexibility index (Phi) is 3.52. The summed E-state index contributed by atoms with van der Waals surface area (Å²) in [4.78, 5) is 7.01. The minimum atomic E-state index is -0.103. The Morgan fingerprint density at radius 2 is 2.22 bits per heavy atom. The fraction of sp³-hybridized carbons (Fsp3) is 0.846. The lowest BCUT2D eigenvalue weighted by Gasteiger charge is -2.30. The van der Waals surface area contributed by atoms with Crippen molar-refractivity contribution in [1.29, 1.82) is 0 Å².